The standard InChI is InChI=1S/C26H37NO4/c1-5-6-7-18-11-22(27-31-18)25-13-19-16(4)8-9-20(19)24(14-28)12-17(25)10-21(15(2)3)26(24,25)23(29)30/h10,14-20H,5-9,11-13H2,1-4H3,(H,29,30)/t16-,17+,18?,19-,20-,24+,25-,26+/m1/s1. The quantitative estimate of drug-likeness (QED) is 0.445. The molecule has 8 atom stereocenters. The molecule has 3 fully saturated rings. The van der Waals surface area contributed by atoms with Crippen LogP contribution in [0.2, 0.25) is 0 Å². The smallest absolute Gasteiger partial charge is 0.315 e. The lowest BCUT2D eigenvalue weighted by atomic mass is 9.41. The minimum atomic E-state index is -1.17. The van der Waals surface area contributed by atoms with Gasteiger partial charge >= 0.3 is 5.97 Å². The highest BCUT2D eigenvalue weighted by molar-refractivity contribution is 6.03. The Morgan fingerprint density at radius 1 is 1.35 bits per heavy atom. The summed E-state index contributed by atoms with van der Waals surface area (Å²) in [5.74, 6) is 0.423. The van der Waals surface area contributed by atoms with E-state index in [1.54, 1.807) is 0 Å². The molecule has 5 rings (SSSR count). The van der Waals surface area contributed by atoms with Crippen LogP contribution < -0.4 is 0 Å². The van der Waals surface area contributed by atoms with E-state index < -0.39 is 22.2 Å². The van der Waals surface area contributed by atoms with E-state index in [-0.39, 0.29) is 23.9 Å². The number of allylic oxidation sites excluding steroid dienone is 1. The fraction of sp³-hybridized carbons (Fsp3) is 0.808. The van der Waals surface area contributed by atoms with Gasteiger partial charge in [0.05, 0.1) is 11.1 Å². The zero-order valence-corrected chi connectivity index (χ0v) is 19.4. The van der Waals surface area contributed by atoms with E-state index in [2.05, 4.69) is 38.9 Å². The van der Waals surface area contributed by atoms with Gasteiger partial charge in [0.1, 0.15) is 17.8 Å². The van der Waals surface area contributed by atoms with Crippen LogP contribution in [0, 0.1) is 45.8 Å². The van der Waals surface area contributed by atoms with Crippen molar-refractivity contribution in [2.24, 2.45) is 51.0 Å². The summed E-state index contributed by atoms with van der Waals surface area (Å²) < 4.78 is 0. The van der Waals surface area contributed by atoms with Crippen LogP contribution in [0.25, 0.3) is 0 Å². The molecule has 4 aliphatic carbocycles. The number of fused-ring (bicyclic) bond motifs is 2. The normalized spacial score (nSPS) is 47.2. The molecule has 1 heterocycles. The molecular weight excluding hydrogens is 390 g/mol. The van der Waals surface area contributed by atoms with Crippen molar-refractivity contribution in [3.8, 4) is 0 Å². The van der Waals surface area contributed by atoms with Crippen LogP contribution in [0.15, 0.2) is 16.8 Å². The molecule has 0 aromatic carbocycles. The third-order valence-corrected chi connectivity index (χ3v) is 10.1. The Labute approximate surface area is 185 Å². The lowest BCUT2D eigenvalue weighted by Crippen LogP contribution is -2.64. The first-order valence-corrected chi connectivity index (χ1v) is 12.4. The summed E-state index contributed by atoms with van der Waals surface area (Å²) in [7, 11) is 0. The van der Waals surface area contributed by atoms with Crippen molar-refractivity contribution < 1.29 is 19.5 Å². The van der Waals surface area contributed by atoms with Crippen LogP contribution in [0.5, 0.6) is 0 Å². The summed E-state index contributed by atoms with van der Waals surface area (Å²) in [6.45, 7) is 8.65. The number of aldehydes is 1. The Balaban J connectivity index is 1.70. The van der Waals surface area contributed by atoms with Gasteiger partial charge in [-0.1, -0.05) is 57.3 Å². The number of oxime groups is 1. The number of carbonyl (C=O) groups excluding carboxylic acids is 1. The molecule has 170 valence electrons. The monoisotopic (exact) mass is 427 g/mol. The van der Waals surface area contributed by atoms with E-state index in [0.717, 1.165) is 56.1 Å². The zero-order chi connectivity index (χ0) is 22.2. The second kappa shape index (κ2) is 6.92. The van der Waals surface area contributed by atoms with Crippen LogP contribution in [0.1, 0.15) is 79.1 Å². The molecule has 5 nitrogen and oxygen atoms in total. The molecule has 0 saturated heterocycles. The van der Waals surface area contributed by atoms with E-state index in [0.29, 0.717) is 24.7 Å². The molecule has 1 aliphatic heterocycles. The minimum absolute atomic E-state index is 0.0435. The Hall–Kier alpha value is -1.65. The fourth-order valence-corrected chi connectivity index (χ4v) is 9.00. The Morgan fingerprint density at radius 2 is 2.13 bits per heavy atom. The molecule has 1 N–H and O–H groups in total. The molecule has 0 aromatic heterocycles. The summed E-state index contributed by atoms with van der Waals surface area (Å²) in [5, 5.41) is 15.7. The van der Waals surface area contributed by atoms with E-state index in [9.17, 15) is 14.7 Å². The van der Waals surface area contributed by atoms with Crippen molar-refractivity contribution in [3.05, 3.63) is 11.6 Å². The highest BCUT2D eigenvalue weighted by Gasteiger charge is 2.85. The number of carbonyl (C=O) groups is 2. The highest BCUT2D eigenvalue weighted by Crippen LogP contribution is 2.83. The topological polar surface area (TPSA) is 76.0 Å². The largest absolute Gasteiger partial charge is 0.481 e. The van der Waals surface area contributed by atoms with Crippen molar-refractivity contribution in [3.63, 3.8) is 0 Å². The number of hydrogen-bond acceptors (Lipinski definition) is 4. The van der Waals surface area contributed by atoms with Crippen molar-refractivity contribution in [2.45, 2.75) is 85.2 Å². The number of carboxylic acids is 1. The van der Waals surface area contributed by atoms with Crippen molar-refractivity contribution in [1.29, 1.82) is 0 Å². The first-order valence-electron chi connectivity index (χ1n) is 12.4. The number of unbranched alkanes of at least 4 members (excludes halogenated alkanes) is 1. The van der Waals surface area contributed by atoms with Crippen LogP contribution in [-0.4, -0.2) is 29.2 Å². The highest BCUT2D eigenvalue weighted by atomic mass is 16.6. The summed E-state index contributed by atoms with van der Waals surface area (Å²) in [4.78, 5) is 32.4. The number of carboxylic acid groups (broad SMARTS) is 1. The van der Waals surface area contributed by atoms with Crippen molar-refractivity contribution in [2.75, 3.05) is 0 Å². The summed E-state index contributed by atoms with van der Waals surface area (Å²) >= 11 is 0. The van der Waals surface area contributed by atoms with E-state index in [1.807, 2.05) is 0 Å². The maximum Gasteiger partial charge on any atom is 0.315 e. The molecule has 31 heavy (non-hydrogen) atoms. The molecule has 0 aromatic rings. The lowest BCUT2D eigenvalue weighted by molar-refractivity contribution is -0.173. The molecule has 5 heteroatoms. The minimum Gasteiger partial charge on any atom is -0.481 e. The van der Waals surface area contributed by atoms with Gasteiger partial charge in [-0.05, 0) is 61.7 Å². The SMILES string of the molecule is CCCCC1CC([C@@]23C[C@@H]4[C@H](C)CC[C@H]4[C@@]4(C=O)C[C@@H]2C=C(C(C)C)[C@@]34C(=O)O)=NO1. The molecule has 0 radical (unpaired) electrons. The predicted molar refractivity (Wildman–Crippen MR) is 118 cm³/mol. The lowest BCUT2D eigenvalue weighted by Gasteiger charge is -2.58. The maximum atomic E-state index is 13.5. The van der Waals surface area contributed by atoms with Gasteiger partial charge in [0.25, 0.3) is 0 Å². The summed E-state index contributed by atoms with van der Waals surface area (Å²) in [6, 6.07) is 0. The number of nitrogens with zero attached hydrogens (tertiary/aromatic N) is 1. The summed E-state index contributed by atoms with van der Waals surface area (Å²) in [6.07, 6.45) is 10.8. The van der Waals surface area contributed by atoms with Gasteiger partial charge in [-0.3, -0.25) is 4.79 Å². The molecule has 5 aliphatic rings. The van der Waals surface area contributed by atoms with Gasteiger partial charge in [0.2, 0.25) is 0 Å². The third-order valence-electron chi connectivity index (χ3n) is 10.1. The van der Waals surface area contributed by atoms with E-state index in [1.165, 1.54) is 0 Å². The average molecular weight is 428 g/mol. The molecule has 1 unspecified atom stereocenters. The molecular formula is C26H37NO4. The van der Waals surface area contributed by atoms with Gasteiger partial charge in [-0.2, -0.15) is 0 Å². The second-order valence-electron chi connectivity index (χ2n) is 11.4. The second-order valence-corrected chi connectivity index (χ2v) is 11.4. The zero-order valence-electron chi connectivity index (χ0n) is 19.4. The van der Waals surface area contributed by atoms with Gasteiger partial charge in [0.15, 0.2) is 0 Å². The number of hydrogen-bond donors (Lipinski definition) is 1. The average Bonchev–Trinajstić information content (AvgIpc) is 3.46. The van der Waals surface area contributed by atoms with Crippen molar-refractivity contribution >= 4 is 18.0 Å². The van der Waals surface area contributed by atoms with Crippen LogP contribution >= 0.6 is 0 Å². The maximum absolute atomic E-state index is 13.5. The number of aliphatic carboxylic acids is 1. The van der Waals surface area contributed by atoms with Gasteiger partial charge in [-0.25, -0.2) is 0 Å². The summed E-state index contributed by atoms with van der Waals surface area (Å²) in [5.41, 5.74) is -0.696. The van der Waals surface area contributed by atoms with E-state index in [4.69, 9.17) is 4.84 Å². The Bertz CT molecular complexity index is 861. The third kappa shape index (κ3) is 2.26. The van der Waals surface area contributed by atoms with Crippen LogP contribution in [0.3, 0.4) is 0 Å². The Morgan fingerprint density at radius 3 is 2.77 bits per heavy atom. The van der Waals surface area contributed by atoms with Gasteiger partial charge in [-0.15, -0.1) is 0 Å². The first kappa shape index (κ1) is 21.2. The molecule has 0 amide bonds. The Kier molecular flexibility index (Phi) is 4.74. The van der Waals surface area contributed by atoms with Gasteiger partial charge < -0.3 is 14.7 Å². The molecule has 3 saturated carbocycles. The number of rotatable bonds is 7. The predicted octanol–water partition coefficient (Wildman–Crippen LogP) is 5.25. The molecule has 4 bridgehead atoms. The van der Waals surface area contributed by atoms with Crippen molar-refractivity contribution in [1.82, 2.24) is 0 Å². The van der Waals surface area contributed by atoms with E-state index >= 15 is 0 Å². The van der Waals surface area contributed by atoms with Crippen LogP contribution in [0.4, 0.5) is 0 Å². The van der Waals surface area contributed by atoms with Crippen LogP contribution in [-0.2, 0) is 14.4 Å². The molecule has 0 spiro atoms. The fourth-order valence-electron chi connectivity index (χ4n) is 9.00. The first-order chi connectivity index (χ1) is 14.8. The van der Waals surface area contributed by atoms with Gasteiger partial charge in [0, 0.05) is 11.8 Å².